The summed E-state index contributed by atoms with van der Waals surface area (Å²) >= 11 is 0. The summed E-state index contributed by atoms with van der Waals surface area (Å²) in [6.07, 6.45) is 1.90. The number of anilines is 1. The number of nitrogens with one attached hydrogen (secondary N) is 2. The number of nitrogens with zero attached hydrogens (tertiary/aromatic N) is 2. The molecule has 6 heteroatoms. The van der Waals surface area contributed by atoms with E-state index >= 15 is 0 Å². The van der Waals surface area contributed by atoms with E-state index in [1.165, 1.54) is 0 Å². The standard InChI is InChI=1S/C26H26N4O2/c1-18-9-13-21(14-10-18)25(31)27-23-24(20-7-5-4-6-8-20)30(28-26(23)32)17-19-11-15-22(16-12-19)29(2)3/h4-17,23-24H,1-3H3,(H-,27,28,31,32)/p+1/t23-,24+/m1/s1. The maximum atomic E-state index is 12.9. The highest BCUT2D eigenvalue weighted by molar-refractivity contribution is 5.98. The van der Waals surface area contributed by atoms with Crippen LogP contribution in [0.15, 0.2) is 78.9 Å². The highest BCUT2D eigenvalue weighted by Gasteiger charge is 2.47. The molecule has 0 radical (unpaired) electrons. The first-order valence-electron chi connectivity index (χ1n) is 10.6. The summed E-state index contributed by atoms with van der Waals surface area (Å²) in [6, 6.07) is 24.0. The molecular formula is C26H27N4O2+. The van der Waals surface area contributed by atoms with E-state index < -0.39 is 6.04 Å². The van der Waals surface area contributed by atoms with Crippen LogP contribution < -0.4 is 15.6 Å². The maximum Gasteiger partial charge on any atom is 0.304 e. The molecule has 0 spiro atoms. The molecule has 3 aromatic carbocycles. The van der Waals surface area contributed by atoms with Gasteiger partial charge in [0.2, 0.25) is 12.3 Å². The molecule has 4 rings (SSSR count). The largest absolute Gasteiger partial charge is 0.378 e. The molecule has 6 nitrogen and oxygen atoms in total. The van der Waals surface area contributed by atoms with Crippen LogP contribution in [0.4, 0.5) is 5.69 Å². The molecule has 0 aromatic heterocycles. The second kappa shape index (κ2) is 9.06. The number of hydrazone groups is 1. The van der Waals surface area contributed by atoms with Crippen molar-refractivity contribution in [3.63, 3.8) is 0 Å². The van der Waals surface area contributed by atoms with E-state index in [2.05, 4.69) is 10.7 Å². The predicted molar refractivity (Wildman–Crippen MR) is 126 cm³/mol. The van der Waals surface area contributed by atoms with Crippen LogP contribution in [-0.4, -0.2) is 42.9 Å². The number of hydrogen-bond acceptors (Lipinski definition) is 3. The van der Waals surface area contributed by atoms with Gasteiger partial charge in [-0.05, 0) is 43.3 Å². The SMILES string of the molecule is Cc1ccc(C(=O)N[C@H]2C(=O)N/[N+](=C\c3ccc(N(C)C)cc3)[C@H]2c2ccccc2)cc1. The Morgan fingerprint density at radius 3 is 2.25 bits per heavy atom. The predicted octanol–water partition coefficient (Wildman–Crippen LogP) is 3.08. The van der Waals surface area contributed by atoms with Crippen LogP contribution in [-0.2, 0) is 4.79 Å². The first kappa shape index (κ1) is 21.3. The zero-order valence-corrected chi connectivity index (χ0v) is 18.4. The lowest BCUT2D eigenvalue weighted by Crippen LogP contribution is -2.42. The summed E-state index contributed by atoms with van der Waals surface area (Å²) in [4.78, 5) is 27.8. The van der Waals surface area contributed by atoms with Gasteiger partial charge >= 0.3 is 5.91 Å². The van der Waals surface area contributed by atoms with Crippen LogP contribution in [0.1, 0.15) is 33.1 Å². The summed E-state index contributed by atoms with van der Waals surface area (Å²) in [6.45, 7) is 1.97. The topological polar surface area (TPSA) is 64.5 Å². The lowest BCUT2D eigenvalue weighted by molar-refractivity contribution is -0.596. The van der Waals surface area contributed by atoms with Crippen LogP contribution in [0.2, 0.25) is 0 Å². The highest BCUT2D eigenvalue weighted by Crippen LogP contribution is 2.25. The Morgan fingerprint density at radius 1 is 0.969 bits per heavy atom. The third-order valence-corrected chi connectivity index (χ3v) is 5.58. The fraction of sp³-hybridized carbons (Fsp3) is 0.192. The van der Waals surface area contributed by atoms with Gasteiger partial charge in [-0.1, -0.05) is 48.0 Å². The first-order valence-corrected chi connectivity index (χ1v) is 10.6. The minimum absolute atomic E-state index is 0.250. The molecular weight excluding hydrogens is 400 g/mol. The molecule has 0 unspecified atom stereocenters. The molecule has 162 valence electrons. The van der Waals surface area contributed by atoms with Gasteiger partial charge in [-0.25, -0.2) is 0 Å². The van der Waals surface area contributed by atoms with Crippen molar-refractivity contribution in [1.29, 1.82) is 0 Å². The van der Waals surface area contributed by atoms with Gasteiger partial charge in [0.05, 0.1) is 0 Å². The van der Waals surface area contributed by atoms with Crippen LogP contribution in [0.5, 0.6) is 0 Å². The van der Waals surface area contributed by atoms with E-state index in [1.54, 1.807) is 16.8 Å². The molecule has 1 heterocycles. The smallest absolute Gasteiger partial charge is 0.304 e. The molecule has 2 atom stereocenters. The lowest BCUT2D eigenvalue weighted by atomic mass is 9.99. The minimum Gasteiger partial charge on any atom is -0.378 e. The van der Waals surface area contributed by atoms with E-state index in [1.807, 2.05) is 98.9 Å². The molecule has 2 N–H and O–H groups in total. The molecule has 1 saturated heterocycles. The summed E-state index contributed by atoms with van der Waals surface area (Å²) in [5.41, 5.74) is 7.49. The van der Waals surface area contributed by atoms with Crippen molar-refractivity contribution in [3.8, 4) is 0 Å². The van der Waals surface area contributed by atoms with Crippen LogP contribution in [0, 0.1) is 6.92 Å². The number of amides is 2. The van der Waals surface area contributed by atoms with Crippen molar-refractivity contribution in [3.05, 3.63) is 101 Å². The van der Waals surface area contributed by atoms with Crippen molar-refractivity contribution in [2.24, 2.45) is 0 Å². The molecule has 3 aromatic rings. The van der Waals surface area contributed by atoms with Gasteiger partial charge < -0.3 is 10.2 Å². The average molecular weight is 428 g/mol. The number of carbonyl (C=O) groups excluding carboxylic acids is 2. The third kappa shape index (κ3) is 4.54. The Hall–Kier alpha value is -3.93. The van der Waals surface area contributed by atoms with Crippen molar-refractivity contribution in [2.45, 2.75) is 19.0 Å². The normalized spacial score (nSPS) is 19.0. The molecule has 32 heavy (non-hydrogen) atoms. The lowest BCUT2D eigenvalue weighted by Gasteiger charge is -2.15. The second-order valence-electron chi connectivity index (χ2n) is 8.17. The molecule has 2 amide bonds. The van der Waals surface area contributed by atoms with Gasteiger partial charge in [0.15, 0.2) is 6.04 Å². The summed E-state index contributed by atoms with van der Waals surface area (Å²) in [5, 5.41) is 2.93. The van der Waals surface area contributed by atoms with E-state index in [9.17, 15) is 9.59 Å². The molecule has 1 fully saturated rings. The molecule has 0 aliphatic carbocycles. The van der Waals surface area contributed by atoms with Gasteiger partial charge in [0.25, 0.3) is 5.91 Å². The minimum atomic E-state index is -0.733. The van der Waals surface area contributed by atoms with Gasteiger partial charge in [-0.3, -0.25) is 9.59 Å². The van der Waals surface area contributed by atoms with E-state index in [0.29, 0.717) is 5.56 Å². The van der Waals surface area contributed by atoms with E-state index in [-0.39, 0.29) is 17.9 Å². The molecule has 1 aliphatic heterocycles. The number of hydrogen-bond donors (Lipinski definition) is 2. The fourth-order valence-corrected chi connectivity index (χ4v) is 3.78. The quantitative estimate of drug-likeness (QED) is 0.615. The van der Waals surface area contributed by atoms with Crippen molar-refractivity contribution >= 4 is 23.7 Å². The average Bonchev–Trinajstić information content (AvgIpc) is 3.09. The highest BCUT2D eigenvalue weighted by atomic mass is 16.2. The Morgan fingerprint density at radius 2 is 1.62 bits per heavy atom. The van der Waals surface area contributed by atoms with Crippen LogP contribution in [0.3, 0.4) is 0 Å². The summed E-state index contributed by atoms with van der Waals surface area (Å²) in [5.74, 6) is -0.524. The zero-order valence-electron chi connectivity index (χ0n) is 18.4. The Bertz CT molecular complexity index is 1140. The number of carbonyl (C=O) groups is 2. The van der Waals surface area contributed by atoms with Crippen molar-refractivity contribution in [1.82, 2.24) is 10.7 Å². The Labute approximate surface area is 188 Å². The number of rotatable bonds is 5. The Balaban J connectivity index is 1.66. The Kier molecular flexibility index (Phi) is 6.03. The van der Waals surface area contributed by atoms with Gasteiger partial charge in [0.1, 0.15) is 0 Å². The number of hydrazine groups is 1. The third-order valence-electron chi connectivity index (χ3n) is 5.58. The van der Waals surface area contributed by atoms with Crippen molar-refractivity contribution < 1.29 is 14.3 Å². The van der Waals surface area contributed by atoms with Gasteiger partial charge in [-0.2, -0.15) is 0 Å². The molecule has 0 bridgehead atoms. The zero-order chi connectivity index (χ0) is 22.7. The fourth-order valence-electron chi connectivity index (χ4n) is 3.78. The van der Waals surface area contributed by atoms with Crippen LogP contribution in [0.25, 0.3) is 0 Å². The van der Waals surface area contributed by atoms with Gasteiger partial charge in [0, 0.05) is 36.5 Å². The summed E-state index contributed by atoms with van der Waals surface area (Å²) < 4.78 is 1.78. The van der Waals surface area contributed by atoms with E-state index in [0.717, 1.165) is 22.4 Å². The molecule has 1 aliphatic rings. The maximum absolute atomic E-state index is 12.9. The first-order chi connectivity index (χ1) is 15.4. The number of aryl methyl sites for hydroxylation is 1. The second-order valence-corrected chi connectivity index (χ2v) is 8.17. The van der Waals surface area contributed by atoms with E-state index in [4.69, 9.17) is 0 Å². The summed E-state index contributed by atoms with van der Waals surface area (Å²) in [7, 11) is 3.98. The number of benzene rings is 3. The van der Waals surface area contributed by atoms with Gasteiger partial charge in [-0.15, -0.1) is 10.1 Å². The molecule has 0 saturated carbocycles. The van der Waals surface area contributed by atoms with Crippen LogP contribution >= 0.6 is 0 Å². The monoisotopic (exact) mass is 427 g/mol. The van der Waals surface area contributed by atoms with Crippen molar-refractivity contribution in [2.75, 3.05) is 19.0 Å².